The van der Waals surface area contributed by atoms with Crippen LogP contribution in [0.4, 0.5) is 10.2 Å². The lowest BCUT2D eigenvalue weighted by Gasteiger charge is -2.07. The lowest BCUT2D eigenvalue weighted by Crippen LogP contribution is -2.03. The van der Waals surface area contributed by atoms with E-state index in [4.69, 9.17) is 4.74 Å². The predicted molar refractivity (Wildman–Crippen MR) is 74.6 cm³/mol. The largest absolute Gasteiger partial charge is 0.484 e. The molecule has 1 aromatic carbocycles. The molecule has 0 amide bonds. The summed E-state index contributed by atoms with van der Waals surface area (Å²) in [6, 6.07) is 4.65. The molecule has 4 nitrogen and oxygen atoms in total. The van der Waals surface area contributed by atoms with Crippen molar-refractivity contribution >= 4 is 21.7 Å². The molecule has 0 spiro atoms. The minimum atomic E-state index is -0.411. The van der Waals surface area contributed by atoms with Gasteiger partial charge in [0.15, 0.2) is 11.6 Å². The van der Waals surface area contributed by atoms with Crippen LogP contribution in [0.25, 0.3) is 0 Å². The van der Waals surface area contributed by atoms with Crippen LogP contribution in [-0.2, 0) is 6.61 Å². The Morgan fingerprint density at radius 3 is 2.79 bits per heavy atom. The Hall–Kier alpha value is -1.69. The van der Waals surface area contributed by atoms with E-state index in [1.807, 2.05) is 6.92 Å². The minimum absolute atomic E-state index is 0.179. The molecule has 2 aromatic rings. The number of hydrogen-bond acceptors (Lipinski definition) is 4. The molecule has 19 heavy (non-hydrogen) atoms. The second-order valence-electron chi connectivity index (χ2n) is 3.79. The third-order valence-electron chi connectivity index (χ3n) is 2.33. The zero-order chi connectivity index (χ0) is 13.7. The summed E-state index contributed by atoms with van der Waals surface area (Å²) < 4.78 is 19.5. The van der Waals surface area contributed by atoms with Gasteiger partial charge in [-0.2, -0.15) is 0 Å². The average molecular weight is 326 g/mol. The van der Waals surface area contributed by atoms with Crippen molar-refractivity contribution in [3.8, 4) is 5.75 Å². The number of halogens is 2. The topological polar surface area (TPSA) is 47.0 Å². The van der Waals surface area contributed by atoms with Gasteiger partial charge in [0, 0.05) is 11.0 Å². The van der Waals surface area contributed by atoms with E-state index >= 15 is 0 Å². The maximum atomic E-state index is 13.5. The first-order valence-electron chi connectivity index (χ1n) is 5.81. The molecular formula is C13H13BrFN3O. The summed E-state index contributed by atoms with van der Waals surface area (Å²) in [5.74, 6) is 0.494. The Morgan fingerprint density at radius 1 is 1.32 bits per heavy atom. The van der Waals surface area contributed by atoms with Gasteiger partial charge in [-0.1, -0.05) is 15.9 Å². The molecule has 0 aliphatic rings. The van der Waals surface area contributed by atoms with Crippen LogP contribution >= 0.6 is 15.9 Å². The molecular weight excluding hydrogens is 313 g/mol. The van der Waals surface area contributed by atoms with Crippen LogP contribution in [-0.4, -0.2) is 16.5 Å². The average Bonchev–Trinajstić information content (AvgIpc) is 2.40. The first-order chi connectivity index (χ1) is 9.19. The molecule has 0 bridgehead atoms. The van der Waals surface area contributed by atoms with E-state index in [-0.39, 0.29) is 12.4 Å². The predicted octanol–water partition coefficient (Wildman–Crippen LogP) is 3.39. The highest BCUT2D eigenvalue weighted by molar-refractivity contribution is 9.10. The van der Waals surface area contributed by atoms with Crippen LogP contribution in [0.15, 0.2) is 35.1 Å². The summed E-state index contributed by atoms with van der Waals surface area (Å²) in [4.78, 5) is 8.34. The maximum absolute atomic E-state index is 13.5. The molecule has 1 heterocycles. The highest BCUT2D eigenvalue weighted by Crippen LogP contribution is 2.22. The standard InChI is InChI=1S/C13H13BrFN3O/c1-2-16-13-7-17-10(6-18-13)8-19-12-4-3-9(14)5-11(12)15/h3-7H,2,8H2,1H3,(H,16,18). The van der Waals surface area contributed by atoms with E-state index in [1.54, 1.807) is 24.5 Å². The molecule has 0 fully saturated rings. The fourth-order valence-electron chi connectivity index (χ4n) is 1.45. The highest BCUT2D eigenvalue weighted by atomic mass is 79.9. The van der Waals surface area contributed by atoms with Gasteiger partial charge >= 0.3 is 0 Å². The molecule has 6 heteroatoms. The van der Waals surface area contributed by atoms with Crippen LogP contribution in [0, 0.1) is 5.82 Å². The smallest absolute Gasteiger partial charge is 0.166 e. The Balaban J connectivity index is 1.98. The Bertz CT molecular complexity index is 548. The van der Waals surface area contributed by atoms with Crippen LogP contribution in [0.3, 0.4) is 0 Å². The number of ether oxygens (including phenoxy) is 1. The van der Waals surface area contributed by atoms with E-state index in [0.717, 1.165) is 6.54 Å². The van der Waals surface area contributed by atoms with Crippen molar-refractivity contribution in [2.75, 3.05) is 11.9 Å². The number of anilines is 1. The van der Waals surface area contributed by atoms with E-state index in [0.29, 0.717) is 16.0 Å². The monoisotopic (exact) mass is 325 g/mol. The van der Waals surface area contributed by atoms with Crippen molar-refractivity contribution in [1.29, 1.82) is 0 Å². The summed E-state index contributed by atoms with van der Waals surface area (Å²) in [6.45, 7) is 2.95. The first kappa shape index (κ1) is 13.7. The molecule has 0 unspecified atom stereocenters. The van der Waals surface area contributed by atoms with Gasteiger partial charge in [-0.05, 0) is 25.1 Å². The van der Waals surface area contributed by atoms with Crippen LogP contribution < -0.4 is 10.1 Å². The summed E-state index contributed by atoms with van der Waals surface area (Å²) >= 11 is 3.19. The van der Waals surface area contributed by atoms with Crippen molar-refractivity contribution in [2.45, 2.75) is 13.5 Å². The zero-order valence-electron chi connectivity index (χ0n) is 10.4. The number of rotatable bonds is 5. The van der Waals surface area contributed by atoms with E-state index < -0.39 is 5.82 Å². The molecule has 0 aliphatic carbocycles. The molecule has 0 saturated carbocycles. The van der Waals surface area contributed by atoms with Crippen LogP contribution in [0.5, 0.6) is 5.75 Å². The van der Waals surface area contributed by atoms with E-state index in [9.17, 15) is 4.39 Å². The van der Waals surface area contributed by atoms with Gasteiger partial charge < -0.3 is 10.1 Å². The third kappa shape index (κ3) is 3.89. The van der Waals surface area contributed by atoms with Crippen molar-refractivity contribution in [1.82, 2.24) is 9.97 Å². The normalized spacial score (nSPS) is 10.3. The third-order valence-corrected chi connectivity index (χ3v) is 2.83. The van der Waals surface area contributed by atoms with Crippen molar-refractivity contribution < 1.29 is 9.13 Å². The van der Waals surface area contributed by atoms with E-state index in [1.165, 1.54) is 6.07 Å². The molecule has 2 rings (SSSR count). The maximum Gasteiger partial charge on any atom is 0.166 e. The van der Waals surface area contributed by atoms with Crippen LogP contribution in [0.2, 0.25) is 0 Å². The Labute approximate surface area is 119 Å². The van der Waals surface area contributed by atoms with Gasteiger partial charge in [0.1, 0.15) is 12.4 Å². The quantitative estimate of drug-likeness (QED) is 0.915. The summed E-state index contributed by atoms with van der Waals surface area (Å²) in [6.07, 6.45) is 3.23. The Kier molecular flexibility index (Phi) is 4.68. The molecule has 1 aromatic heterocycles. The van der Waals surface area contributed by atoms with Crippen molar-refractivity contribution in [3.63, 3.8) is 0 Å². The molecule has 0 saturated heterocycles. The zero-order valence-corrected chi connectivity index (χ0v) is 11.9. The number of benzene rings is 1. The molecule has 100 valence electrons. The van der Waals surface area contributed by atoms with Crippen molar-refractivity contribution in [3.05, 3.63) is 46.6 Å². The minimum Gasteiger partial charge on any atom is -0.484 e. The molecule has 0 atom stereocenters. The number of nitrogens with zero attached hydrogens (tertiary/aromatic N) is 2. The second-order valence-corrected chi connectivity index (χ2v) is 4.70. The number of nitrogens with one attached hydrogen (secondary N) is 1. The van der Waals surface area contributed by atoms with Gasteiger partial charge in [-0.25, -0.2) is 9.37 Å². The SMILES string of the molecule is CCNc1cnc(COc2ccc(Br)cc2F)cn1. The summed E-state index contributed by atoms with van der Waals surface area (Å²) in [5.41, 5.74) is 0.643. The molecule has 0 radical (unpaired) electrons. The fraction of sp³-hybridized carbons (Fsp3) is 0.231. The summed E-state index contributed by atoms with van der Waals surface area (Å²) in [7, 11) is 0. The van der Waals surface area contributed by atoms with Gasteiger partial charge in [0.05, 0.1) is 18.1 Å². The lowest BCUT2D eigenvalue weighted by atomic mass is 10.3. The molecule has 0 aliphatic heterocycles. The number of hydrogen-bond donors (Lipinski definition) is 1. The van der Waals surface area contributed by atoms with Gasteiger partial charge in [0.2, 0.25) is 0 Å². The van der Waals surface area contributed by atoms with Gasteiger partial charge in [-0.15, -0.1) is 0 Å². The van der Waals surface area contributed by atoms with Gasteiger partial charge in [-0.3, -0.25) is 4.98 Å². The Morgan fingerprint density at radius 2 is 2.16 bits per heavy atom. The van der Waals surface area contributed by atoms with Gasteiger partial charge in [0.25, 0.3) is 0 Å². The second kappa shape index (κ2) is 6.47. The first-order valence-corrected chi connectivity index (χ1v) is 6.61. The highest BCUT2D eigenvalue weighted by Gasteiger charge is 2.05. The van der Waals surface area contributed by atoms with Crippen molar-refractivity contribution in [2.24, 2.45) is 0 Å². The number of aromatic nitrogens is 2. The fourth-order valence-corrected chi connectivity index (χ4v) is 1.78. The molecule has 1 N–H and O–H groups in total. The van der Waals surface area contributed by atoms with E-state index in [2.05, 4.69) is 31.2 Å². The summed E-state index contributed by atoms with van der Waals surface area (Å²) in [5, 5.41) is 3.04. The van der Waals surface area contributed by atoms with Crippen LogP contribution in [0.1, 0.15) is 12.6 Å². The lowest BCUT2D eigenvalue weighted by molar-refractivity contribution is 0.285.